The number of non-ortho nitro benzene ring substituents is 1. The fraction of sp³-hybridized carbons (Fsp3) is 0.0556. The summed E-state index contributed by atoms with van der Waals surface area (Å²) in [4.78, 5) is 40.5. The van der Waals surface area contributed by atoms with Crippen molar-refractivity contribution in [2.45, 2.75) is 0 Å². The summed E-state index contributed by atoms with van der Waals surface area (Å²) in [5, 5.41) is 26.6. The number of ether oxygens (including phenoxy) is 1. The second-order valence-electron chi connectivity index (χ2n) is 6.12. The highest BCUT2D eigenvalue weighted by atomic mass is 16.6. The quantitative estimate of drug-likeness (QED) is 0.389. The summed E-state index contributed by atoms with van der Waals surface area (Å²) >= 11 is 0. The summed E-state index contributed by atoms with van der Waals surface area (Å²) in [7, 11) is 1.52. The number of hydrogen-bond acceptors (Lipinski definition) is 8. The van der Waals surface area contributed by atoms with E-state index in [1.807, 2.05) is 0 Å². The highest BCUT2D eigenvalue weighted by Gasteiger charge is 2.23. The SMILES string of the molecule is COc1ccc(-c2nc3c(cnn3-c3ccc([N+](=O)[O-])cc3[N+](=O)[O-])c(=O)[nH]2)cc1. The van der Waals surface area contributed by atoms with Crippen molar-refractivity contribution < 1.29 is 14.6 Å². The maximum Gasteiger partial charge on any atom is 0.301 e. The van der Waals surface area contributed by atoms with E-state index < -0.39 is 26.8 Å². The summed E-state index contributed by atoms with van der Waals surface area (Å²) in [5.74, 6) is 0.843. The molecular weight excluding hydrogens is 396 g/mol. The minimum atomic E-state index is -0.757. The Hall–Kier alpha value is -4.61. The van der Waals surface area contributed by atoms with E-state index in [9.17, 15) is 25.0 Å². The number of methoxy groups -OCH3 is 1. The standard InChI is InChI=1S/C18H12N6O6/c1-30-12-5-2-10(3-6-12)16-20-17-13(18(25)21-16)9-19-22(17)14-7-4-11(23(26)27)8-15(14)24(28)29/h2-9H,1H3,(H,20,21,25). The molecule has 12 nitrogen and oxygen atoms in total. The maximum absolute atomic E-state index is 12.5. The van der Waals surface area contributed by atoms with Crippen molar-refractivity contribution in [3.63, 3.8) is 0 Å². The zero-order valence-electron chi connectivity index (χ0n) is 15.3. The van der Waals surface area contributed by atoms with Gasteiger partial charge in [-0.1, -0.05) is 0 Å². The molecule has 2 aromatic heterocycles. The first-order chi connectivity index (χ1) is 14.4. The smallest absolute Gasteiger partial charge is 0.301 e. The topological polar surface area (TPSA) is 159 Å². The summed E-state index contributed by atoms with van der Waals surface area (Å²) in [6.07, 6.45) is 1.23. The molecule has 4 rings (SSSR count). The van der Waals surface area contributed by atoms with Crippen molar-refractivity contribution in [3.05, 3.63) is 79.2 Å². The Morgan fingerprint density at radius 3 is 2.43 bits per heavy atom. The third kappa shape index (κ3) is 3.11. The average Bonchev–Trinajstić information content (AvgIpc) is 3.17. The molecule has 0 aliphatic heterocycles. The lowest BCUT2D eigenvalue weighted by Crippen LogP contribution is -2.10. The molecule has 150 valence electrons. The lowest BCUT2D eigenvalue weighted by Gasteiger charge is -2.06. The number of aromatic nitrogens is 4. The summed E-state index contributed by atoms with van der Waals surface area (Å²) in [6, 6.07) is 9.92. The lowest BCUT2D eigenvalue weighted by molar-refractivity contribution is -0.394. The van der Waals surface area contributed by atoms with Gasteiger partial charge < -0.3 is 9.72 Å². The Morgan fingerprint density at radius 2 is 1.80 bits per heavy atom. The van der Waals surface area contributed by atoms with Gasteiger partial charge in [-0.25, -0.2) is 9.67 Å². The third-order valence-corrected chi connectivity index (χ3v) is 4.40. The van der Waals surface area contributed by atoms with Crippen molar-refractivity contribution in [2.24, 2.45) is 0 Å². The van der Waals surface area contributed by atoms with Gasteiger partial charge in [-0.05, 0) is 30.3 Å². The predicted molar refractivity (Wildman–Crippen MR) is 105 cm³/mol. The molecular formula is C18H12N6O6. The number of hydrogen-bond donors (Lipinski definition) is 1. The van der Waals surface area contributed by atoms with Crippen LogP contribution in [0.5, 0.6) is 5.75 Å². The van der Waals surface area contributed by atoms with Gasteiger partial charge in [-0.3, -0.25) is 25.0 Å². The van der Waals surface area contributed by atoms with Gasteiger partial charge in [0.25, 0.3) is 11.2 Å². The van der Waals surface area contributed by atoms with Gasteiger partial charge in [0.05, 0.1) is 29.2 Å². The molecule has 0 unspecified atom stereocenters. The van der Waals surface area contributed by atoms with E-state index in [2.05, 4.69) is 15.1 Å². The van der Waals surface area contributed by atoms with Crippen LogP contribution in [0.1, 0.15) is 0 Å². The van der Waals surface area contributed by atoms with Gasteiger partial charge in [-0.15, -0.1) is 0 Å². The predicted octanol–water partition coefficient (Wildman–Crippen LogP) is 2.60. The van der Waals surface area contributed by atoms with Gasteiger partial charge >= 0.3 is 5.69 Å². The van der Waals surface area contributed by atoms with E-state index >= 15 is 0 Å². The number of nitrogens with zero attached hydrogens (tertiary/aromatic N) is 5. The first kappa shape index (κ1) is 18.7. The largest absolute Gasteiger partial charge is 0.497 e. The van der Waals surface area contributed by atoms with Crippen molar-refractivity contribution in [1.82, 2.24) is 19.7 Å². The van der Waals surface area contributed by atoms with Gasteiger partial charge in [0.15, 0.2) is 5.65 Å². The average molecular weight is 408 g/mol. The first-order valence-electron chi connectivity index (χ1n) is 8.44. The molecule has 4 aromatic rings. The van der Waals surface area contributed by atoms with Crippen molar-refractivity contribution in [1.29, 1.82) is 0 Å². The van der Waals surface area contributed by atoms with Crippen LogP contribution in [0, 0.1) is 20.2 Å². The molecule has 2 heterocycles. The molecule has 0 radical (unpaired) electrons. The Labute approximate surface area is 166 Å². The zero-order chi connectivity index (χ0) is 21.4. The Balaban J connectivity index is 1.93. The van der Waals surface area contributed by atoms with Crippen LogP contribution in [0.2, 0.25) is 0 Å². The fourth-order valence-corrected chi connectivity index (χ4v) is 2.93. The molecule has 0 bridgehead atoms. The number of H-pyrrole nitrogens is 1. The molecule has 0 saturated carbocycles. The van der Waals surface area contributed by atoms with Gasteiger partial charge in [0.1, 0.15) is 22.6 Å². The van der Waals surface area contributed by atoms with E-state index in [0.29, 0.717) is 11.3 Å². The Bertz CT molecular complexity index is 1360. The second-order valence-corrected chi connectivity index (χ2v) is 6.12. The molecule has 0 fully saturated rings. The highest BCUT2D eigenvalue weighted by molar-refractivity contribution is 5.78. The molecule has 30 heavy (non-hydrogen) atoms. The number of aromatic amines is 1. The number of nitro benzene ring substituents is 2. The van der Waals surface area contributed by atoms with E-state index in [1.54, 1.807) is 24.3 Å². The Kier molecular flexibility index (Phi) is 4.43. The summed E-state index contributed by atoms with van der Waals surface area (Å²) < 4.78 is 6.22. The van der Waals surface area contributed by atoms with E-state index in [4.69, 9.17) is 4.74 Å². The maximum atomic E-state index is 12.5. The minimum absolute atomic E-state index is 0.0561. The molecule has 0 aliphatic rings. The van der Waals surface area contributed by atoms with Crippen LogP contribution >= 0.6 is 0 Å². The molecule has 0 amide bonds. The van der Waals surface area contributed by atoms with Gasteiger partial charge in [-0.2, -0.15) is 5.10 Å². The molecule has 2 aromatic carbocycles. The molecule has 0 aliphatic carbocycles. The number of nitrogens with one attached hydrogen (secondary N) is 1. The van der Waals surface area contributed by atoms with Crippen LogP contribution in [0.3, 0.4) is 0 Å². The van der Waals surface area contributed by atoms with Gasteiger partial charge in [0.2, 0.25) is 0 Å². The monoisotopic (exact) mass is 408 g/mol. The zero-order valence-corrected chi connectivity index (χ0v) is 15.3. The summed E-state index contributed by atoms with van der Waals surface area (Å²) in [5.41, 5.74) is -0.864. The number of rotatable bonds is 5. The highest BCUT2D eigenvalue weighted by Crippen LogP contribution is 2.29. The second kappa shape index (κ2) is 7.09. The van der Waals surface area contributed by atoms with Crippen molar-refractivity contribution >= 4 is 22.4 Å². The van der Waals surface area contributed by atoms with Crippen molar-refractivity contribution in [2.75, 3.05) is 7.11 Å². The lowest BCUT2D eigenvalue weighted by atomic mass is 10.2. The van der Waals surface area contributed by atoms with Crippen LogP contribution in [-0.2, 0) is 0 Å². The Morgan fingerprint density at radius 1 is 1.07 bits per heavy atom. The molecule has 0 spiro atoms. The van der Waals surface area contributed by atoms with Crippen LogP contribution in [-0.4, -0.2) is 36.7 Å². The first-order valence-corrected chi connectivity index (χ1v) is 8.44. The van der Waals surface area contributed by atoms with Crippen molar-refractivity contribution in [3.8, 4) is 22.8 Å². The van der Waals surface area contributed by atoms with Crippen LogP contribution in [0.25, 0.3) is 28.1 Å². The molecule has 1 N–H and O–H groups in total. The van der Waals surface area contributed by atoms with E-state index in [1.165, 1.54) is 19.4 Å². The molecule has 12 heteroatoms. The van der Waals surface area contributed by atoms with Crippen LogP contribution in [0.4, 0.5) is 11.4 Å². The van der Waals surface area contributed by atoms with Gasteiger partial charge in [0, 0.05) is 11.6 Å². The van der Waals surface area contributed by atoms with Crippen LogP contribution < -0.4 is 10.3 Å². The van der Waals surface area contributed by atoms with Crippen LogP contribution in [0.15, 0.2) is 53.5 Å². The molecule has 0 atom stereocenters. The minimum Gasteiger partial charge on any atom is -0.497 e. The van der Waals surface area contributed by atoms with E-state index in [0.717, 1.165) is 16.8 Å². The number of fused-ring (bicyclic) bond motifs is 1. The third-order valence-electron chi connectivity index (χ3n) is 4.40. The molecule has 0 saturated heterocycles. The van der Waals surface area contributed by atoms with E-state index in [-0.39, 0.29) is 22.5 Å². The normalized spacial score (nSPS) is 10.8. The fourth-order valence-electron chi connectivity index (χ4n) is 2.93. The summed E-state index contributed by atoms with van der Waals surface area (Å²) in [6.45, 7) is 0. The number of benzene rings is 2. The number of nitro groups is 2.